The fourth-order valence-electron chi connectivity index (χ4n) is 2.98. The van der Waals surface area contributed by atoms with Crippen LogP contribution in [0.25, 0.3) is 0 Å². The van der Waals surface area contributed by atoms with Gasteiger partial charge >= 0.3 is 130 Å². The van der Waals surface area contributed by atoms with Crippen molar-refractivity contribution >= 4 is 18.4 Å². The molecule has 0 aromatic rings. The van der Waals surface area contributed by atoms with Crippen molar-refractivity contribution in [3.05, 3.63) is 10.2 Å². The minimum atomic E-state index is -2.10. The Morgan fingerprint density at radius 2 is 1.45 bits per heavy atom. The Bertz CT molecular complexity index is 256. The van der Waals surface area contributed by atoms with Gasteiger partial charge in [-0.2, -0.15) is 0 Å². The Hall–Kier alpha value is 0.459. The number of ether oxygens (including phenoxy) is 1. The third kappa shape index (κ3) is 6.48. The molecule has 2 nitrogen and oxygen atoms in total. The zero-order valence-electron chi connectivity index (χ0n) is 13.7. The van der Waals surface area contributed by atoms with Crippen molar-refractivity contribution in [3.63, 3.8) is 0 Å². The predicted octanol–water partition coefficient (Wildman–Crippen LogP) is 4.69. The van der Waals surface area contributed by atoms with Crippen molar-refractivity contribution in [2.45, 2.75) is 84.8 Å². The fraction of sp³-hybridized carbons (Fsp3) is 0.882. The summed E-state index contributed by atoms with van der Waals surface area (Å²) in [5.74, 6) is 0. The first-order chi connectivity index (χ1) is 9.71. The molecule has 1 N–H and O–H groups in total. The van der Waals surface area contributed by atoms with E-state index in [2.05, 4.69) is 30.9 Å². The average molecular weight is 389 g/mol. The van der Waals surface area contributed by atoms with Crippen molar-refractivity contribution in [2.75, 3.05) is 6.61 Å². The predicted molar refractivity (Wildman–Crippen MR) is 89.8 cm³/mol. The molecule has 0 spiro atoms. The van der Waals surface area contributed by atoms with Gasteiger partial charge in [-0.05, 0) is 0 Å². The second-order valence-corrected chi connectivity index (χ2v) is 19.4. The van der Waals surface area contributed by atoms with Crippen molar-refractivity contribution in [1.82, 2.24) is 0 Å². The van der Waals surface area contributed by atoms with Crippen molar-refractivity contribution in [3.8, 4) is 0 Å². The number of hydrogen-bond acceptors (Lipinski definition) is 2. The molecule has 1 rings (SSSR count). The van der Waals surface area contributed by atoms with E-state index < -0.39 is 18.4 Å². The van der Waals surface area contributed by atoms with E-state index in [9.17, 15) is 0 Å². The van der Waals surface area contributed by atoms with Crippen LogP contribution in [0.15, 0.2) is 10.2 Å². The second-order valence-electron chi connectivity index (χ2n) is 6.35. The molecule has 3 heteroatoms. The van der Waals surface area contributed by atoms with Gasteiger partial charge in [0.25, 0.3) is 0 Å². The Morgan fingerprint density at radius 1 is 0.950 bits per heavy atom. The van der Waals surface area contributed by atoms with Gasteiger partial charge in [-0.25, -0.2) is 0 Å². The van der Waals surface area contributed by atoms with E-state index in [1.54, 1.807) is 0 Å². The zero-order valence-corrected chi connectivity index (χ0v) is 16.6. The summed E-state index contributed by atoms with van der Waals surface area (Å²) in [4.78, 5) is 0. The van der Waals surface area contributed by atoms with E-state index in [0.717, 1.165) is 0 Å². The monoisotopic (exact) mass is 390 g/mol. The SMILES string of the molecule is CCC[CH2][Sn](/[CH]=C/[C@@H]1O[C@@H]1CO)([CH2]CCC)[CH2]CCC. The van der Waals surface area contributed by atoms with Crippen LogP contribution in [0.1, 0.15) is 59.3 Å². The number of unbranched alkanes of at least 4 members (excludes halogenated alkanes) is 3. The molecule has 0 amide bonds. The van der Waals surface area contributed by atoms with Crippen LogP contribution >= 0.6 is 0 Å². The molecule has 0 unspecified atom stereocenters. The quantitative estimate of drug-likeness (QED) is 0.388. The van der Waals surface area contributed by atoms with Crippen molar-refractivity contribution < 1.29 is 9.84 Å². The zero-order chi connectivity index (χ0) is 14.8. The number of aliphatic hydroxyl groups excluding tert-OH is 1. The second kappa shape index (κ2) is 10.2. The topological polar surface area (TPSA) is 32.8 Å². The molecule has 0 bridgehead atoms. The molecule has 1 fully saturated rings. The van der Waals surface area contributed by atoms with Crippen molar-refractivity contribution in [1.29, 1.82) is 0 Å². The van der Waals surface area contributed by atoms with Crippen LogP contribution in [0, 0.1) is 0 Å². The van der Waals surface area contributed by atoms with E-state index in [-0.39, 0.29) is 18.8 Å². The summed E-state index contributed by atoms with van der Waals surface area (Å²) in [5.41, 5.74) is 0. The standard InChI is InChI=1S/C5H7O2.3C4H9.Sn/c1-2-4-5(3-6)7-4;3*1-3-4-2;/h1-2,4-6H,3H2;3*1,3-4H2,2H3;/t4-,5+;;;;/m0..../s1. The van der Waals surface area contributed by atoms with Gasteiger partial charge in [-0.15, -0.1) is 0 Å². The van der Waals surface area contributed by atoms with Crippen LogP contribution in [-0.2, 0) is 4.74 Å². The normalized spacial score (nSPS) is 22.6. The molecule has 118 valence electrons. The molecule has 2 atom stereocenters. The molecule has 0 aliphatic carbocycles. The summed E-state index contributed by atoms with van der Waals surface area (Å²) in [6, 6.07) is 0. The molecule has 1 heterocycles. The van der Waals surface area contributed by atoms with E-state index >= 15 is 0 Å². The van der Waals surface area contributed by atoms with Gasteiger partial charge in [0.05, 0.1) is 0 Å². The summed E-state index contributed by atoms with van der Waals surface area (Å²) >= 11 is -2.10. The van der Waals surface area contributed by atoms with Crippen LogP contribution < -0.4 is 0 Å². The van der Waals surface area contributed by atoms with Crippen LogP contribution in [0.3, 0.4) is 0 Å². The first-order valence-electron chi connectivity index (χ1n) is 8.67. The van der Waals surface area contributed by atoms with E-state index in [1.165, 1.54) is 51.8 Å². The maximum absolute atomic E-state index is 9.09. The van der Waals surface area contributed by atoms with E-state index in [0.29, 0.717) is 0 Å². The minimum absolute atomic E-state index is 0.0961. The van der Waals surface area contributed by atoms with Crippen LogP contribution in [0.2, 0.25) is 13.3 Å². The van der Waals surface area contributed by atoms with Gasteiger partial charge in [0, 0.05) is 0 Å². The van der Waals surface area contributed by atoms with Gasteiger partial charge in [0.15, 0.2) is 0 Å². The first-order valence-corrected chi connectivity index (χ1v) is 16.4. The summed E-state index contributed by atoms with van der Waals surface area (Å²) in [5, 5.41) is 9.09. The van der Waals surface area contributed by atoms with E-state index in [4.69, 9.17) is 9.84 Å². The Labute approximate surface area is 129 Å². The van der Waals surface area contributed by atoms with Crippen LogP contribution in [0.4, 0.5) is 0 Å². The molecule has 0 saturated carbocycles. The fourth-order valence-corrected chi connectivity index (χ4v) is 17.3. The summed E-state index contributed by atoms with van der Waals surface area (Å²) in [6.07, 6.45) is 10.8. The Balaban J connectivity index is 2.66. The van der Waals surface area contributed by atoms with Crippen LogP contribution in [-0.4, -0.2) is 42.3 Å². The van der Waals surface area contributed by atoms with Crippen LogP contribution in [0.5, 0.6) is 0 Å². The molecule has 0 aromatic heterocycles. The molecule has 0 aromatic carbocycles. The van der Waals surface area contributed by atoms with Gasteiger partial charge < -0.3 is 0 Å². The Morgan fingerprint density at radius 3 is 1.80 bits per heavy atom. The molecular formula is C17H34O2Sn. The van der Waals surface area contributed by atoms with Gasteiger partial charge in [-0.3, -0.25) is 0 Å². The van der Waals surface area contributed by atoms with Gasteiger partial charge in [0.1, 0.15) is 0 Å². The van der Waals surface area contributed by atoms with Crippen molar-refractivity contribution in [2.24, 2.45) is 0 Å². The number of epoxide rings is 1. The third-order valence-corrected chi connectivity index (χ3v) is 18.6. The summed E-state index contributed by atoms with van der Waals surface area (Å²) < 4.78 is 12.7. The summed E-state index contributed by atoms with van der Waals surface area (Å²) in [7, 11) is 0. The van der Waals surface area contributed by atoms with E-state index in [1.807, 2.05) is 0 Å². The first kappa shape index (κ1) is 18.5. The average Bonchev–Trinajstić information content (AvgIpc) is 3.24. The molecule has 1 aliphatic heterocycles. The Kier molecular flexibility index (Phi) is 9.47. The maximum atomic E-state index is 9.09. The van der Waals surface area contributed by atoms with Gasteiger partial charge in [-0.1, -0.05) is 0 Å². The third-order valence-electron chi connectivity index (χ3n) is 4.53. The number of rotatable bonds is 12. The summed E-state index contributed by atoms with van der Waals surface area (Å²) in [6.45, 7) is 7.11. The molecule has 1 aliphatic rings. The molecule has 20 heavy (non-hydrogen) atoms. The van der Waals surface area contributed by atoms with Gasteiger partial charge in [0.2, 0.25) is 0 Å². The molecule has 0 radical (unpaired) electrons. The number of hydrogen-bond donors (Lipinski definition) is 1. The number of aliphatic hydroxyl groups is 1. The molecular weight excluding hydrogens is 355 g/mol. The molecule has 1 saturated heterocycles.